The van der Waals surface area contributed by atoms with Crippen molar-refractivity contribution in [3.05, 3.63) is 63.9 Å². The van der Waals surface area contributed by atoms with Crippen molar-refractivity contribution in [3.8, 4) is 5.75 Å². The Hall–Kier alpha value is -2.29. The van der Waals surface area contributed by atoms with Crippen molar-refractivity contribution in [2.24, 2.45) is 0 Å². The van der Waals surface area contributed by atoms with Crippen LogP contribution in [0.3, 0.4) is 0 Å². The van der Waals surface area contributed by atoms with Crippen molar-refractivity contribution < 1.29 is 37.6 Å². The number of benzene rings is 2. The second kappa shape index (κ2) is 8.33. The first-order valence-electron chi connectivity index (χ1n) is 9.12. The van der Waals surface area contributed by atoms with Crippen LogP contribution in [0.2, 0.25) is 5.02 Å². The topological polar surface area (TPSA) is 122 Å². The summed E-state index contributed by atoms with van der Waals surface area (Å²) in [5, 5.41) is 2.39. The van der Waals surface area contributed by atoms with Gasteiger partial charge in [0, 0.05) is 16.7 Å². The van der Waals surface area contributed by atoms with E-state index in [9.17, 15) is 28.3 Å². The van der Waals surface area contributed by atoms with Crippen LogP contribution in [0.5, 0.6) is 5.75 Å². The molecule has 2 aromatic carbocycles. The van der Waals surface area contributed by atoms with Gasteiger partial charge in [0.1, 0.15) is 23.3 Å². The highest BCUT2D eigenvalue weighted by Crippen LogP contribution is 2.49. The number of nitrogens with one attached hydrogen (secondary N) is 1. The minimum atomic E-state index is -4.99. The zero-order valence-electron chi connectivity index (χ0n) is 16.8. The molecule has 3 N–H and O–H groups in total. The third-order valence-corrected chi connectivity index (χ3v) is 5.62. The van der Waals surface area contributed by atoms with Crippen LogP contribution in [0.25, 0.3) is 0 Å². The van der Waals surface area contributed by atoms with Gasteiger partial charge in [0.2, 0.25) is 0 Å². The van der Waals surface area contributed by atoms with Crippen LogP contribution >= 0.6 is 19.4 Å². The molecule has 0 spiro atoms. The van der Waals surface area contributed by atoms with Crippen molar-refractivity contribution in [2.45, 2.75) is 38.5 Å². The SMILES string of the molecule is CC(=O)c1ccc2c(c1)[C@@H](NC(=O)c1ccc(F)c(Cl)c1)[C@H](OP(=O)(O)O)C(C)(C)O2. The van der Waals surface area contributed by atoms with E-state index in [1.54, 1.807) is 19.9 Å². The molecule has 3 rings (SSSR count). The molecule has 0 fully saturated rings. The van der Waals surface area contributed by atoms with Crippen LogP contribution in [0, 0.1) is 5.82 Å². The van der Waals surface area contributed by atoms with E-state index in [1.807, 2.05) is 0 Å². The van der Waals surface area contributed by atoms with E-state index in [4.69, 9.17) is 20.9 Å². The molecule has 2 atom stereocenters. The lowest BCUT2D eigenvalue weighted by atomic mass is 9.85. The maximum absolute atomic E-state index is 13.5. The molecule has 0 saturated heterocycles. The van der Waals surface area contributed by atoms with Crippen LogP contribution in [0.1, 0.15) is 53.1 Å². The van der Waals surface area contributed by atoms with Gasteiger partial charge >= 0.3 is 7.82 Å². The third-order valence-electron chi connectivity index (χ3n) is 4.83. The second-order valence-electron chi connectivity index (χ2n) is 7.61. The average molecular weight is 472 g/mol. The number of phosphoric acid groups is 1. The Bertz CT molecular complexity index is 1100. The number of hydrogen-bond donors (Lipinski definition) is 3. The Balaban J connectivity index is 2.09. The molecule has 0 radical (unpaired) electrons. The number of amides is 1. The number of phosphoric ester groups is 1. The number of hydrogen-bond acceptors (Lipinski definition) is 5. The summed E-state index contributed by atoms with van der Waals surface area (Å²) in [4.78, 5) is 43.6. The standard InChI is InChI=1S/C20H20ClFNO7P/c1-10(24)11-5-7-16-13(8-11)17(18(20(2,3)29-16)30-31(26,27)28)23-19(25)12-4-6-15(22)14(21)9-12/h4-9,17-18H,1-3H3,(H,23,25)(H2,26,27,28)/t17-,18+/m1/s1. The van der Waals surface area contributed by atoms with E-state index < -0.39 is 37.3 Å². The highest BCUT2D eigenvalue weighted by atomic mass is 35.5. The predicted octanol–water partition coefficient (Wildman–Crippen LogP) is 3.80. The Kier molecular flexibility index (Phi) is 6.28. The molecule has 1 heterocycles. The molecule has 8 nitrogen and oxygen atoms in total. The Morgan fingerprint density at radius 2 is 1.84 bits per heavy atom. The zero-order chi connectivity index (χ0) is 23.1. The lowest BCUT2D eigenvalue weighted by Gasteiger charge is -2.44. The van der Waals surface area contributed by atoms with E-state index in [0.29, 0.717) is 16.9 Å². The van der Waals surface area contributed by atoms with Crippen LogP contribution in [-0.2, 0) is 9.09 Å². The maximum Gasteiger partial charge on any atom is 0.470 e. The fourth-order valence-electron chi connectivity index (χ4n) is 3.36. The molecular weight excluding hydrogens is 452 g/mol. The summed E-state index contributed by atoms with van der Waals surface area (Å²) in [6.45, 7) is 4.44. The summed E-state index contributed by atoms with van der Waals surface area (Å²) in [6.07, 6.45) is -1.33. The van der Waals surface area contributed by atoms with Crippen molar-refractivity contribution in [2.75, 3.05) is 0 Å². The molecule has 166 valence electrons. The summed E-state index contributed by atoms with van der Waals surface area (Å²) in [7, 11) is -4.99. The number of fused-ring (bicyclic) bond motifs is 1. The molecule has 1 amide bonds. The lowest BCUT2D eigenvalue weighted by molar-refractivity contribution is -0.0597. The molecule has 1 aliphatic rings. The van der Waals surface area contributed by atoms with Gasteiger partial charge in [0.05, 0.1) is 11.1 Å². The van der Waals surface area contributed by atoms with Crippen LogP contribution in [-0.4, -0.2) is 33.2 Å². The molecule has 0 bridgehead atoms. The molecule has 0 unspecified atom stereocenters. The van der Waals surface area contributed by atoms with Crippen molar-refractivity contribution in [1.29, 1.82) is 0 Å². The highest BCUT2D eigenvalue weighted by molar-refractivity contribution is 7.46. The van der Waals surface area contributed by atoms with Gasteiger partial charge < -0.3 is 19.8 Å². The van der Waals surface area contributed by atoms with Gasteiger partial charge in [-0.15, -0.1) is 0 Å². The molecule has 2 aromatic rings. The van der Waals surface area contributed by atoms with E-state index in [1.165, 1.54) is 25.1 Å². The fourth-order valence-corrected chi connectivity index (χ4v) is 4.21. The third kappa shape index (κ3) is 5.14. The van der Waals surface area contributed by atoms with E-state index in [-0.39, 0.29) is 16.4 Å². The second-order valence-corrected chi connectivity index (χ2v) is 9.21. The molecule has 0 aliphatic carbocycles. The predicted molar refractivity (Wildman–Crippen MR) is 110 cm³/mol. The molecule has 0 aromatic heterocycles. The maximum atomic E-state index is 13.5. The summed E-state index contributed by atoms with van der Waals surface area (Å²) < 4.78 is 36.0. The van der Waals surface area contributed by atoms with Crippen molar-refractivity contribution in [1.82, 2.24) is 5.32 Å². The van der Waals surface area contributed by atoms with Gasteiger partial charge in [-0.3, -0.25) is 14.1 Å². The summed E-state index contributed by atoms with van der Waals surface area (Å²) in [6, 6.07) is 6.80. The number of ether oxygens (including phenoxy) is 1. The molecular formula is C20H20ClFNO7P. The van der Waals surface area contributed by atoms with Gasteiger partial charge in [-0.1, -0.05) is 11.6 Å². The van der Waals surface area contributed by atoms with Crippen LogP contribution in [0.15, 0.2) is 36.4 Å². The largest absolute Gasteiger partial charge is 0.485 e. The van der Waals surface area contributed by atoms with E-state index >= 15 is 0 Å². The first-order chi connectivity index (χ1) is 14.3. The van der Waals surface area contributed by atoms with E-state index in [0.717, 1.165) is 12.1 Å². The number of carbonyl (C=O) groups excluding carboxylic acids is 2. The highest BCUT2D eigenvalue weighted by Gasteiger charge is 2.48. The first-order valence-corrected chi connectivity index (χ1v) is 11.0. The molecule has 0 saturated carbocycles. The van der Waals surface area contributed by atoms with Gasteiger partial charge in [-0.05, 0) is 57.2 Å². The summed E-state index contributed by atoms with van der Waals surface area (Å²) in [5.41, 5.74) is -0.646. The first kappa shape index (κ1) is 23.4. The van der Waals surface area contributed by atoms with E-state index in [2.05, 4.69) is 5.32 Å². The molecule has 11 heteroatoms. The van der Waals surface area contributed by atoms with Crippen LogP contribution in [0.4, 0.5) is 4.39 Å². The number of rotatable bonds is 5. The Morgan fingerprint density at radius 1 is 1.19 bits per heavy atom. The number of carbonyl (C=O) groups is 2. The summed E-state index contributed by atoms with van der Waals surface area (Å²) >= 11 is 5.76. The minimum Gasteiger partial charge on any atom is -0.485 e. The average Bonchev–Trinajstić information content (AvgIpc) is 2.65. The monoisotopic (exact) mass is 471 g/mol. The fraction of sp³-hybridized carbons (Fsp3) is 0.300. The Labute approximate surface area is 182 Å². The smallest absolute Gasteiger partial charge is 0.470 e. The molecule has 1 aliphatic heterocycles. The van der Waals surface area contributed by atoms with Crippen LogP contribution < -0.4 is 10.1 Å². The normalized spacial score (nSPS) is 19.8. The number of Topliss-reactive ketones (excluding diaryl/α,β-unsaturated/α-hetero) is 1. The Morgan fingerprint density at radius 3 is 2.42 bits per heavy atom. The van der Waals surface area contributed by atoms with Gasteiger partial charge in [0.15, 0.2) is 5.78 Å². The zero-order valence-corrected chi connectivity index (χ0v) is 18.4. The van der Waals surface area contributed by atoms with Gasteiger partial charge in [0.25, 0.3) is 5.91 Å². The van der Waals surface area contributed by atoms with Crippen molar-refractivity contribution in [3.63, 3.8) is 0 Å². The number of halogens is 2. The molecule has 31 heavy (non-hydrogen) atoms. The van der Waals surface area contributed by atoms with Gasteiger partial charge in [-0.25, -0.2) is 8.96 Å². The van der Waals surface area contributed by atoms with Crippen molar-refractivity contribution >= 4 is 31.1 Å². The summed E-state index contributed by atoms with van der Waals surface area (Å²) in [5.74, 6) is -1.34. The minimum absolute atomic E-state index is 0.0231. The number of ketones is 1. The quantitative estimate of drug-likeness (QED) is 0.448. The van der Waals surface area contributed by atoms with Gasteiger partial charge in [-0.2, -0.15) is 0 Å². The lowest BCUT2D eigenvalue weighted by Crippen LogP contribution is -2.54.